The third-order valence-corrected chi connectivity index (χ3v) is 4.62. The van der Waals surface area contributed by atoms with Crippen LogP contribution in [0.3, 0.4) is 0 Å². The molecule has 4 atom stereocenters. The fraction of sp³-hybridized carbons (Fsp3) is 0.435. The average molecular weight is 402 g/mol. The van der Waals surface area contributed by atoms with Crippen LogP contribution in [0.15, 0.2) is 60.7 Å². The number of hydrogen-bond acceptors (Lipinski definition) is 6. The lowest BCUT2D eigenvalue weighted by Gasteiger charge is -2.34. The number of carbonyl (C=O) groups is 1. The van der Waals surface area contributed by atoms with Gasteiger partial charge in [-0.1, -0.05) is 60.7 Å². The molecule has 2 rings (SSSR count). The minimum absolute atomic E-state index is 0.286. The SMILES string of the molecule is COC[C@@H](OC)[C@@H](OC)[C@H](OCc1ccccc1)[C@H](C=O)OCc1ccccc1. The van der Waals surface area contributed by atoms with Gasteiger partial charge in [0, 0.05) is 21.3 Å². The van der Waals surface area contributed by atoms with E-state index >= 15 is 0 Å². The van der Waals surface area contributed by atoms with Crippen molar-refractivity contribution in [3.63, 3.8) is 0 Å². The molecule has 0 saturated carbocycles. The van der Waals surface area contributed by atoms with Gasteiger partial charge in [0.05, 0.1) is 19.8 Å². The van der Waals surface area contributed by atoms with Gasteiger partial charge in [-0.05, 0) is 11.1 Å². The summed E-state index contributed by atoms with van der Waals surface area (Å²) in [5.74, 6) is 0. The summed E-state index contributed by atoms with van der Waals surface area (Å²) >= 11 is 0. The van der Waals surface area contributed by atoms with Crippen LogP contribution >= 0.6 is 0 Å². The summed E-state index contributed by atoms with van der Waals surface area (Å²) in [5.41, 5.74) is 1.95. The van der Waals surface area contributed by atoms with Crippen LogP contribution in [0.4, 0.5) is 0 Å². The Morgan fingerprint density at radius 1 is 0.759 bits per heavy atom. The highest BCUT2D eigenvalue weighted by Gasteiger charge is 2.37. The second-order valence-corrected chi connectivity index (χ2v) is 6.59. The molecule has 2 aromatic rings. The van der Waals surface area contributed by atoms with Gasteiger partial charge >= 0.3 is 0 Å². The summed E-state index contributed by atoms with van der Waals surface area (Å²) in [7, 11) is 4.72. The molecule has 0 aromatic heterocycles. The Morgan fingerprint density at radius 3 is 1.76 bits per heavy atom. The first-order chi connectivity index (χ1) is 14.2. The first-order valence-electron chi connectivity index (χ1n) is 9.54. The van der Waals surface area contributed by atoms with Crippen LogP contribution in [-0.2, 0) is 41.7 Å². The van der Waals surface area contributed by atoms with E-state index in [1.807, 2.05) is 60.7 Å². The minimum Gasteiger partial charge on any atom is -0.382 e. The quantitative estimate of drug-likeness (QED) is 0.453. The molecule has 2 aromatic carbocycles. The first kappa shape index (κ1) is 23.2. The number of rotatable bonds is 14. The van der Waals surface area contributed by atoms with Gasteiger partial charge < -0.3 is 28.5 Å². The van der Waals surface area contributed by atoms with Crippen LogP contribution in [0, 0.1) is 0 Å². The molecule has 0 saturated heterocycles. The summed E-state index contributed by atoms with van der Waals surface area (Å²) in [6.45, 7) is 0.895. The van der Waals surface area contributed by atoms with Gasteiger partial charge in [0.25, 0.3) is 0 Å². The largest absolute Gasteiger partial charge is 0.382 e. The zero-order valence-corrected chi connectivity index (χ0v) is 17.2. The zero-order valence-electron chi connectivity index (χ0n) is 17.2. The van der Waals surface area contributed by atoms with E-state index in [-0.39, 0.29) is 6.61 Å². The molecule has 0 aliphatic carbocycles. The van der Waals surface area contributed by atoms with Gasteiger partial charge in [0.15, 0.2) is 6.29 Å². The summed E-state index contributed by atoms with van der Waals surface area (Å²) in [6, 6.07) is 19.4. The highest BCUT2D eigenvalue weighted by atomic mass is 16.6. The maximum absolute atomic E-state index is 11.9. The molecular formula is C23H30O6. The molecular weight excluding hydrogens is 372 g/mol. The predicted octanol–water partition coefficient (Wildman–Crippen LogP) is 3.03. The van der Waals surface area contributed by atoms with Crippen LogP contribution in [0.25, 0.3) is 0 Å². The monoisotopic (exact) mass is 402 g/mol. The summed E-state index contributed by atoms with van der Waals surface area (Å²) in [4.78, 5) is 11.9. The van der Waals surface area contributed by atoms with Gasteiger partial charge in [0.2, 0.25) is 0 Å². The zero-order chi connectivity index (χ0) is 20.9. The lowest BCUT2D eigenvalue weighted by atomic mass is 10.0. The maximum Gasteiger partial charge on any atom is 0.151 e. The van der Waals surface area contributed by atoms with Crippen molar-refractivity contribution in [1.29, 1.82) is 0 Å². The van der Waals surface area contributed by atoms with E-state index in [0.717, 1.165) is 17.4 Å². The molecule has 0 spiro atoms. The first-order valence-corrected chi connectivity index (χ1v) is 9.54. The van der Waals surface area contributed by atoms with Crippen LogP contribution in [0.2, 0.25) is 0 Å². The minimum atomic E-state index is -0.835. The van der Waals surface area contributed by atoms with E-state index in [1.165, 1.54) is 0 Å². The standard InChI is InChI=1S/C23H30O6/c1-25-17-21(26-2)22(27-3)23(29-16-19-12-8-5-9-13-19)20(14-24)28-15-18-10-6-4-7-11-18/h4-14,20-23H,15-17H2,1-3H3/t20-,21+,22+,23+/m0/s1. The Hall–Kier alpha value is -2.09. The van der Waals surface area contributed by atoms with E-state index in [2.05, 4.69) is 0 Å². The smallest absolute Gasteiger partial charge is 0.151 e. The summed E-state index contributed by atoms with van der Waals surface area (Å²) < 4.78 is 28.5. The highest BCUT2D eigenvalue weighted by molar-refractivity contribution is 5.57. The Balaban J connectivity index is 2.18. The van der Waals surface area contributed by atoms with E-state index < -0.39 is 24.4 Å². The number of ether oxygens (including phenoxy) is 5. The van der Waals surface area contributed by atoms with Crippen molar-refractivity contribution >= 4 is 6.29 Å². The van der Waals surface area contributed by atoms with Crippen molar-refractivity contribution in [2.75, 3.05) is 27.9 Å². The van der Waals surface area contributed by atoms with Crippen molar-refractivity contribution in [1.82, 2.24) is 0 Å². The molecule has 0 heterocycles. The molecule has 0 unspecified atom stereocenters. The third kappa shape index (κ3) is 7.34. The highest BCUT2D eigenvalue weighted by Crippen LogP contribution is 2.19. The molecule has 6 heteroatoms. The fourth-order valence-corrected chi connectivity index (χ4v) is 3.08. The van der Waals surface area contributed by atoms with Gasteiger partial charge in [-0.2, -0.15) is 0 Å². The van der Waals surface area contributed by atoms with Crippen LogP contribution in [-0.4, -0.2) is 58.6 Å². The Labute approximate surface area is 172 Å². The molecule has 29 heavy (non-hydrogen) atoms. The average Bonchev–Trinajstić information content (AvgIpc) is 2.78. The van der Waals surface area contributed by atoms with E-state index in [4.69, 9.17) is 23.7 Å². The van der Waals surface area contributed by atoms with Crippen LogP contribution < -0.4 is 0 Å². The Bertz CT molecular complexity index is 678. The molecule has 0 N–H and O–H groups in total. The van der Waals surface area contributed by atoms with Crippen molar-refractivity contribution in [3.8, 4) is 0 Å². The Morgan fingerprint density at radius 2 is 1.31 bits per heavy atom. The van der Waals surface area contributed by atoms with Crippen molar-refractivity contribution in [3.05, 3.63) is 71.8 Å². The molecule has 0 aliphatic heterocycles. The molecule has 0 bridgehead atoms. The molecule has 0 radical (unpaired) electrons. The van der Waals surface area contributed by atoms with Gasteiger partial charge in [-0.15, -0.1) is 0 Å². The van der Waals surface area contributed by atoms with E-state index in [9.17, 15) is 4.79 Å². The maximum atomic E-state index is 11.9. The second-order valence-electron chi connectivity index (χ2n) is 6.59. The predicted molar refractivity (Wildman–Crippen MR) is 110 cm³/mol. The normalized spacial score (nSPS) is 15.4. The van der Waals surface area contributed by atoms with E-state index in [1.54, 1.807) is 21.3 Å². The molecule has 0 amide bonds. The molecule has 158 valence electrons. The van der Waals surface area contributed by atoms with E-state index in [0.29, 0.717) is 13.2 Å². The van der Waals surface area contributed by atoms with Gasteiger partial charge in [0.1, 0.15) is 24.4 Å². The topological polar surface area (TPSA) is 63.2 Å². The molecule has 0 fully saturated rings. The van der Waals surface area contributed by atoms with Gasteiger partial charge in [-0.3, -0.25) is 0 Å². The van der Waals surface area contributed by atoms with Crippen molar-refractivity contribution in [2.24, 2.45) is 0 Å². The number of benzene rings is 2. The summed E-state index contributed by atoms with van der Waals surface area (Å²) in [6.07, 6.45) is -1.74. The Kier molecular flexibility index (Phi) is 10.5. The molecule has 6 nitrogen and oxygen atoms in total. The third-order valence-electron chi connectivity index (χ3n) is 4.62. The van der Waals surface area contributed by atoms with Crippen molar-refractivity contribution < 1.29 is 28.5 Å². The van der Waals surface area contributed by atoms with Crippen LogP contribution in [0.1, 0.15) is 11.1 Å². The lowest BCUT2D eigenvalue weighted by molar-refractivity contribution is -0.178. The number of aldehydes is 1. The van der Waals surface area contributed by atoms with Crippen molar-refractivity contribution in [2.45, 2.75) is 37.6 Å². The fourth-order valence-electron chi connectivity index (χ4n) is 3.08. The number of hydrogen-bond donors (Lipinski definition) is 0. The number of carbonyl (C=O) groups excluding carboxylic acids is 1. The summed E-state index contributed by atoms with van der Waals surface area (Å²) in [5, 5.41) is 0. The molecule has 0 aliphatic rings. The number of methoxy groups -OCH3 is 3. The van der Waals surface area contributed by atoms with Crippen LogP contribution in [0.5, 0.6) is 0 Å². The lowest BCUT2D eigenvalue weighted by Crippen LogP contribution is -2.50. The van der Waals surface area contributed by atoms with Gasteiger partial charge in [-0.25, -0.2) is 0 Å². The second kappa shape index (κ2) is 13.2.